The van der Waals surface area contributed by atoms with E-state index in [1.54, 1.807) is 6.20 Å². The number of rotatable bonds is 2. The van der Waals surface area contributed by atoms with E-state index in [1.165, 1.54) is 0 Å². The van der Waals surface area contributed by atoms with Crippen molar-refractivity contribution in [2.24, 2.45) is 10.7 Å². The fourth-order valence-electron chi connectivity index (χ4n) is 3.87. The summed E-state index contributed by atoms with van der Waals surface area (Å²) >= 11 is 0. The SMILES string of the molecule is NC1=NC(c2ccc(-n3cccn3)cc2)n2c(nc3cc4c(cc32)OCCCO4)N1. The van der Waals surface area contributed by atoms with Crippen molar-refractivity contribution < 1.29 is 9.47 Å². The maximum absolute atomic E-state index is 6.07. The molecule has 3 N–H and O–H groups in total. The molecule has 2 aliphatic heterocycles. The lowest BCUT2D eigenvalue weighted by molar-refractivity contribution is 0.297. The van der Waals surface area contributed by atoms with Gasteiger partial charge >= 0.3 is 0 Å². The minimum atomic E-state index is -0.345. The highest BCUT2D eigenvalue weighted by Crippen LogP contribution is 2.39. The molecular weight excluding hydrogens is 382 g/mol. The smallest absolute Gasteiger partial charge is 0.212 e. The molecule has 0 saturated heterocycles. The quantitative estimate of drug-likeness (QED) is 0.535. The Morgan fingerprint density at radius 1 is 1.07 bits per heavy atom. The minimum Gasteiger partial charge on any atom is -0.489 e. The second kappa shape index (κ2) is 6.51. The molecule has 9 nitrogen and oxygen atoms in total. The summed E-state index contributed by atoms with van der Waals surface area (Å²) in [6, 6.07) is 13.9. The van der Waals surface area contributed by atoms with Crippen LogP contribution in [0.25, 0.3) is 16.7 Å². The summed E-state index contributed by atoms with van der Waals surface area (Å²) in [5, 5.41) is 7.35. The highest BCUT2D eigenvalue weighted by Gasteiger charge is 2.27. The van der Waals surface area contributed by atoms with Gasteiger partial charge in [0.15, 0.2) is 23.6 Å². The Balaban J connectivity index is 1.47. The second-order valence-electron chi connectivity index (χ2n) is 7.20. The molecule has 30 heavy (non-hydrogen) atoms. The number of fused-ring (bicyclic) bond motifs is 4. The zero-order valence-electron chi connectivity index (χ0n) is 16.0. The predicted octanol–water partition coefficient (Wildman–Crippen LogP) is 2.67. The zero-order chi connectivity index (χ0) is 20.1. The molecule has 0 radical (unpaired) electrons. The van der Waals surface area contributed by atoms with Crippen LogP contribution in [-0.2, 0) is 0 Å². The van der Waals surface area contributed by atoms with E-state index in [9.17, 15) is 0 Å². The molecule has 2 aromatic carbocycles. The number of hydrogen-bond donors (Lipinski definition) is 2. The van der Waals surface area contributed by atoms with Crippen molar-refractivity contribution in [2.75, 3.05) is 18.5 Å². The Hall–Kier alpha value is -4.01. The molecule has 4 aromatic rings. The normalized spacial score (nSPS) is 17.7. The molecule has 0 bridgehead atoms. The number of ether oxygens (including phenoxy) is 2. The number of benzene rings is 2. The molecular formula is C21H19N7O2. The summed E-state index contributed by atoms with van der Waals surface area (Å²) in [7, 11) is 0. The number of aliphatic imine (C=N–C) groups is 1. The molecule has 150 valence electrons. The molecule has 2 aromatic heterocycles. The molecule has 0 spiro atoms. The Bertz CT molecular complexity index is 1260. The maximum Gasteiger partial charge on any atom is 0.212 e. The first kappa shape index (κ1) is 16.9. The molecule has 1 atom stereocenters. The van der Waals surface area contributed by atoms with Crippen LogP contribution in [0.4, 0.5) is 5.95 Å². The van der Waals surface area contributed by atoms with Crippen LogP contribution < -0.4 is 20.5 Å². The van der Waals surface area contributed by atoms with E-state index in [2.05, 4.69) is 15.4 Å². The van der Waals surface area contributed by atoms with Gasteiger partial charge < -0.3 is 15.2 Å². The van der Waals surface area contributed by atoms with Crippen LogP contribution in [0.2, 0.25) is 0 Å². The van der Waals surface area contributed by atoms with Crippen molar-refractivity contribution in [3.05, 3.63) is 60.4 Å². The van der Waals surface area contributed by atoms with Gasteiger partial charge in [0.1, 0.15) is 0 Å². The van der Waals surface area contributed by atoms with Crippen molar-refractivity contribution >= 4 is 22.9 Å². The molecule has 2 aliphatic rings. The van der Waals surface area contributed by atoms with Crippen LogP contribution in [0.15, 0.2) is 59.9 Å². The van der Waals surface area contributed by atoms with Crippen LogP contribution in [-0.4, -0.2) is 38.5 Å². The van der Waals surface area contributed by atoms with Crippen LogP contribution in [0.5, 0.6) is 11.5 Å². The summed E-state index contributed by atoms with van der Waals surface area (Å²) in [6.07, 6.45) is 4.17. The Kier molecular flexibility index (Phi) is 3.67. The summed E-state index contributed by atoms with van der Waals surface area (Å²) in [5.74, 6) is 2.40. The summed E-state index contributed by atoms with van der Waals surface area (Å²) in [4.78, 5) is 9.37. The van der Waals surface area contributed by atoms with Crippen LogP contribution in [0, 0.1) is 0 Å². The molecule has 9 heteroatoms. The number of hydrogen-bond acceptors (Lipinski definition) is 7. The third-order valence-electron chi connectivity index (χ3n) is 5.26. The van der Waals surface area contributed by atoms with E-state index < -0.39 is 0 Å². The van der Waals surface area contributed by atoms with E-state index in [0.717, 1.165) is 34.5 Å². The lowest BCUT2D eigenvalue weighted by Crippen LogP contribution is -2.31. The van der Waals surface area contributed by atoms with Gasteiger partial charge in [-0.3, -0.25) is 9.88 Å². The molecule has 0 fully saturated rings. The van der Waals surface area contributed by atoms with Gasteiger partial charge in [-0.25, -0.2) is 14.7 Å². The predicted molar refractivity (Wildman–Crippen MR) is 112 cm³/mol. The summed E-state index contributed by atoms with van der Waals surface area (Å²) in [5.41, 5.74) is 9.73. The highest BCUT2D eigenvalue weighted by atomic mass is 16.5. The number of anilines is 1. The fraction of sp³-hybridized carbons (Fsp3) is 0.190. The van der Waals surface area contributed by atoms with Gasteiger partial charge in [-0.05, 0) is 23.8 Å². The first-order chi connectivity index (χ1) is 14.8. The van der Waals surface area contributed by atoms with Gasteiger partial charge in [0.2, 0.25) is 5.95 Å². The van der Waals surface area contributed by atoms with Crippen LogP contribution in [0.1, 0.15) is 18.2 Å². The first-order valence-electron chi connectivity index (χ1n) is 9.78. The largest absolute Gasteiger partial charge is 0.489 e. The fourth-order valence-corrected chi connectivity index (χ4v) is 3.87. The van der Waals surface area contributed by atoms with Crippen molar-refractivity contribution in [3.8, 4) is 17.2 Å². The van der Waals surface area contributed by atoms with Gasteiger partial charge in [0.25, 0.3) is 0 Å². The first-order valence-corrected chi connectivity index (χ1v) is 9.78. The number of nitrogens with one attached hydrogen (secondary N) is 1. The third kappa shape index (κ3) is 2.66. The van der Waals surface area contributed by atoms with Crippen molar-refractivity contribution in [2.45, 2.75) is 12.6 Å². The van der Waals surface area contributed by atoms with Crippen molar-refractivity contribution in [1.82, 2.24) is 19.3 Å². The van der Waals surface area contributed by atoms with Crippen molar-refractivity contribution in [1.29, 1.82) is 0 Å². The van der Waals surface area contributed by atoms with E-state index in [4.69, 9.17) is 20.2 Å². The lowest BCUT2D eigenvalue weighted by atomic mass is 10.1. The molecule has 0 amide bonds. The average molecular weight is 401 g/mol. The number of nitrogens with zero attached hydrogens (tertiary/aromatic N) is 5. The summed E-state index contributed by atoms with van der Waals surface area (Å²) in [6.45, 7) is 1.26. The van der Waals surface area contributed by atoms with Crippen LogP contribution in [0.3, 0.4) is 0 Å². The molecule has 4 heterocycles. The van der Waals surface area contributed by atoms with E-state index in [1.807, 2.05) is 57.9 Å². The van der Waals surface area contributed by atoms with Gasteiger partial charge in [-0.15, -0.1) is 0 Å². The molecule has 0 saturated carbocycles. The number of aromatic nitrogens is 4. The maximum atomic E-state index is 6.07. The van der Waals surface area contributed by atoms with E-state index in [-0.39, 0.29) is 6.17 Å². The van der Waals surface area contributed by atoms with Crippen LogP contribution >= 0.6 is 0 Å². The average Bonchev–Trinajstić information content (AvgIpc) is 3.34. The standard InChI is InChI=1S/C21H19N7O2/c22-20-25-19(13-3-5-14(6-4-13)27-8-1-7-23-27)28-16-12-18-17(29-9-2-10-30-18)11-15(16)24-21(28)26-20/h1,3-8,11-12,19H,2,9-10H2,(H3,22,24,25,26). The van der Waals surface area contributed by atoms with Gasteiger partial charge in [-0.2, -0.15) is 5.10 Å². The second-order valence-corrected chi connectivity index (χ2v) is 7.20. The third-order valence-corrected chi connectivity index (χ3v) is 5.26. The van der Waals surface area contributed by atoms with Gasteiger partial charge in [0, 0.05) is 30.9 Å². The Morgan fingerprint density at radius 3 is 2.63 bits per heavy atom. The number of guanidine groups is 1. The molecule has 0 aliphatic carbocycles. The minimum absolute atomic E-state index is 0.327. The summed E-state index contributed by atoms with van der Waals surface area (Å²) < 4.78 is 15.5. The molecule has 6 rings (SSSR count). The monoisotopic (exact) mass is 401 g/mol. The van der Waals surface area contributed by atoms with E-state index in [0.29, 0.717) is 30.9 Å². The van der Waals surface area contributed by atoms with E-state index >= 15 is 0 Å². The Morgan fingerprint density at radius 2 is 1.87 bits per heavy atom. The Labute approximate surface area is 171 Å². The number of nitrogens with two attached hydrogens (primary N) is 1. The lowest BCUT2D eigenvalue weighted by Gasteiger charge is -2.24. The zero-order valence-corrected chi connectivity index (χ0v) is 16.0. The molecule has 1 unspecified atom stereocenters. The van der Waals surface area contributed by atoms with Gasteiger partial charge in [-0.1, -0.05) is 12.1 Å². The number of imidazole rings is 1. The topological polar surface area (TPSA) is 105 Å². The highest BCUT2D eigenvalue weighted by molar-refractivity contribution is 5.95. The van der Waals surface area contributed by atoms with Crippen molar-refractivity contribution in [3.63, 3.8) is 0 Å². The van der Waals surface area contributed by atoms with Gasteiger partial charge in [0.05, 0.1) is 29.9 Å².